The van der Waals surface area contributed by atoms with Crippen LogP contribution in [0.1, 0.15) is 65.7 Å². The van der Waals surface area contributed by atoms with E-state index in [4.69, 9.17) is 4.74 Å². The Labute approximate surface area is 149 Å². The van der Waals surface area contributed by atoms with Crippen LogP contribution in [0.2, 0.25) is 0 Å². The molecule has 3 saturated carbocycles. The lowest BCUT2D eigenvalue weighted by atomic mass is 9.48. The topological polar surface area (TPSA) is 60.4 Å². The van der Waals surface area contributed by atoms with E-state index in [2.05, 4.69) is 13.8 Å². The normalized spacial score (nSPS) is 46.0. The molecule has 6 unspecified atom stereocenters. The van der Waals surface area contributed by atoms with E-state index in [-0.39, 0.29) is 40.5 Å². The highest BCUT2D eigenvalue weighted by atomic mass is 16.5. The Morgan fingerprint density at radius 2 is 1.76 bits per heavy atom. The third-order valence-electron chi connectivity index (χ3n) is 7.94. The first kappa shape index (κ1) is 17.0. The number of ketones is 2. The molecule has 4 rings (SSSR count). The van der Waals surface area contributed by atoms with Crippen molar-refractivity contribution in [1.29, 1.82) is 0 Å². The molecular formula is C21H28O4. The summed E-state index contributed by atoms with van der Waals surface area (Å²) in [5, 5.41) is 0. The highest BCUT2D eigenvalue weighted by Gasteiger charge is 2.61. The van der Waals surface area contributed by atoms with Gasteiger partial charge in [-0.05, 0) is 55.4 Å². The number of carbonyl (C=O) groups is 3. The Morgan fingerprint density at radius 1 is 1.08 bits per heavy atom. The van der Waals surface area contributed by atoms with Crippen LogP contribution in [0.5, 0.6) is 0 Å². The van der Waals surface area contributed by atoms with E-state index < -0.39 is 0 Å². The highest BCUT2D eigenvalue weighted by Crippen LogP contribution is 2.63. The minimum Gasteiger partial charge on any atom is -0.462 e. The van der Waals surface area contributed by atoms with Gasteiger partial charge in [-0.15, -0.1) is 0 Å². The molecule has 0 spiro atoms. The van der Waals surface area contributed by atoms with Gasteiger partial charge in [0.2, 0.25) is 0 Å². The summed E-state index contributed by atoms with van der Waals surface area (Å²) in [5.74, 6) is 0.888. The second kappa shape index (κ2) is 5.52. The van der Waals surface area contributed by atoms with Crippen molar-refractivity contribution < 1.29 is 19.1 Å². The van der Waals surface area contributed by atoms with Gasteiger partial charge in [0, 0.05) is 31.1 Å². The number of hydrogen-bond acceptors (Lipinski definition) is 4. The number of hydrogen-bond donors (Lipinski definition) is 0. The predicted molar refractivity (Wildman–Crippen MR) is 92.7 cm³/mol. The summed E-state index contributed by atoms with van der Waals surface area (Å²) in [4.78, 5) is 36.8. The van der Waals surface area contributed by atoms with Gasteiger partial charge in [-0.2, -0.15) is 0 Å². The molecule has 0 radical (unpaired) electrons. The fourth-order valence-electron chi connectivity index (χ4n) is 6.48. The van der Waals surface area contributed by atoms with Crippen molar-refractivity contribution in [3.8, 4) is 0 Å². The number of Topliss-reactive ketones (excluding diaryl/α,β-unsaturated/α-hetero) is 1. The zero-order chi connectivity index (χ0) is 18.0. The summed E-state index contributed by atoms with van der Waals surface area (Å²) >= 11 is 0. The van der Waals surface area contributed by atoms with Gasteiger partial charge in [0.25, 0.3) is 0 Å². The van der Waals surface area contributed by atoms with Gasteiger partial charge in [0.1, 0.15) is 11.9 Å². The van der Waals surface area contributed by atoms with Crippen LogP contribution in [-0.2, 0) is 19.1 Å². The summed E-state index contributed by atoms with van der Waals surface area (Å²) in [7, 11) is 0. The Hall–Kier alpha value is -1.45. The van der Waals surface area contributed by atoms with Crippen molar-refractivity contribution in [2.24, 2.45) is 28.6 Å². The Kier molecular flexibility index (Phi) is 3.75. The molecule has 25 heavy (non-hydrogen) atoms. The molecule has 0 aromatic heterocycles. The largest absolute Gasteiger partial charge is 0.462 e. The molecule has 0 heterocycles. The van der Waals surface area contributed by atoms with Gasteiger partial charge >= 0.3 is 5.97 Å². The second-order valence-corrected chi connectivity index (χ2v) is 9.12. The number of fused-ring (bicyclic) bond motifs is 5. The van der Waals surface area contributed by atoms with E-state index in [0.717, 1.165) is 32.1 Å². The van der Waals surface area contributed by atoms with Crippen LogP contribution in [0.15, 0.2) is 11.6 Å². The number of allylic oxidation sites excluding steroid dienone is 1. The molecule has 4 aliphatic rings. The van der Waals surface area contributed by atoms with Crippen molar-refractivity contribution in [2.45, 2.75) is 71.8 Å². The summed E-state index contributed by atoms with van der Waals surface area (Å²) in [5.41, 5.74) is 0.902. The molecule has 6 atom stereocenters. The van der Waals surface area contributed by atoms with Gasteiger partial charge in [-0.3, -0.25) is 14.4 Å². The van der Waals surface area contributed by atoms with Crippen molar-refractivity contribution in [1.82, 2.24) is 0 Å². The minimum absolute atomic E-state index is 0.00391. The van der Waals surface area contributed by atoms with Crippen molar-refractivity contribution in [2.75, 3.05) is 0 Å². The van der Waals surface area contributed by atoms with Crippen molar-refractivity contribution in [3.63, 3.8) is 0 Å². The zero-order valence-electron chi connectivity index (χ0n) is 15.5. The Morgan fingerprint density at radius 3 is 2.48 bits per heavy atom. The number of ether oxygens (including phenoxy) is 1. The number of carbonyl (C=O) groups excluding carboxylic acids is 3. The maximum Gasteiger partial charge on any atom is 0.302 e. The molecule has 3 fully saturated rings. The molecule has 4 heteroatoms. The first-order valence-corrected chi connectivity index (χ1v) is 9.71. The molecule has 0 amide bonds. The molecule has 0 N–H and O–H groups in total. The van der Waals surface area contributed by atoms with Crippen LogP contribution in [-0.4, -0.2) is 23.6 Å². The summed E-state index contributed by atoms with van der Waals surface area (Å²) in [6, 6.07) is 0. The SMILES string of the molecule is CC(=O)OC1CCC2(C)C(=CC(=O)C3C4CCC(=O)C4(C)CCC32)C1. The van der Waals surface area contributed by atoms with Crippen LogP contribution < -0.4 is 0 Å². The molecule has 4 aliphatic carbocycles. The van der Waals surface area contributed by atoms with Gasteiger partial charge in [0.15, 0.2) is 5.78 Å². The lowest BCUT2D eigenvalue weighted by Crippen LogP contribution is -2.53. The maximum atomic E-state index is 13.1. The van der Waals surface area contributed by atoms with Crippen LogP contribution in [0.3, 0.4) is 0 Å². The molecular weight excluding hydrogens is 316 g/mol. The zero-order valence-corrected chi connectivity index (χ0v) is 15.5. The van der Waals surface area contributed by atoms with E-state index in [1.165, 1.54) is 12.5 Å². The van der Waals surface area contributed by atoms with Crippen molar-refractivity contribution in [3.05, 3.63) is 11.6 Å². The highest BCUT2D eigenvalue weighted by molar-refractivity contribution is 5.96. The Bertz CT molecular complexity index is 677. The van der Waals surface area contributed by atoms with E-state index in [1.807, 2.05) is 6.08 Å². The van der Waals surface area contributed by atoms with E-state index in [0.29, 0.717) is 24.5 Å². The number of rotatable bonds is 1. The molecule has 136 valence electrons. The van der Waals surface area contributed by atoms with Gasteiger partial charge < -0.3 is 4.74 Å². The average molecular weight is 344 g/mol. The lowest BCUT2D eigenvalue weighted by molar-refractivity contribution is -0.149. The first-order valence-electron chi connectivity index (χ1n) is 9.71. The summed E-state index contributed by atoms with van der Waals surface area (Å²) < 4.78 is 5.42. The fourth-order valence-corrected chi connectivity index (χ4v) is 6.48. The number of esters is 1. The molecule has 0 aliphatic heterocycles. The summed E-state index contributed by atoms with van der Waals surface area (Å²) in [6.45, 7) is 5.84. The van der Waals surface area contributed by atoms with Gasteiger partial charge in [-0.1, -0.05) is 19.4 Å². The van der Waals surface area contributed by atoms with Crippen molar-refractivity contribution >= 4 is 17.5 Å². The molecule has 0 aromatic rings. The molecule has 0 saturated heterocycles. The molecule has 0 bridgehead atoms. The quantitative estimate of drug-likeness (QED) is 0.682. The standard InChI is InChI=1S/C21H28O4/c1-12(22)25-14-6-8-20(2)13(10-14)11-17(23)19-15-4-5-18(24)21(15,3)9-7-16(19)20/h11,14-16,19H,4-10H2,1-3H3. The third-order valence-corrected chi connectivity index (χ3v) is 7.94. The smallest absolute Gasteiger partial charge is 0.302 e. The minimum atomic E-state index is -0.284. The first-order chi connectivity index (χ1) is 11.8. The van der Waals surface area contributed by atoms with Crippen LogP contribution >= 0.6 is 0 Å². The fraction of sp³-hybridized carbons (Fsp3) is 0.762. The van der Waals surface area contributed by atoms with Gasteiger partial charge in [0.05, 0.1) is 0 Å². The van der Waals surface area contributed by atoms with E-state index >= 15 is 0 Å². The third kappa shape index (κ3) is 2.36. The van der Waals surface area contributed by atoms with E-state index in [9.17, 15) is 14.4 Å². The average Bonchev–Trinajstić information content (AvgIpc) is 2.84. The second-order valence-electron chi connectivity index (χ2n) is 9.12. The van der Waals surface area contributed by atoms with E-state index in [1.54, 1.807) is 0 Å². The lowest BCUT2D eigenvalue weighted by Gasteiger charge is -2.55. The monoisotopic (exact) mass is 344 g/mol. The molecule has 4 nitrogen and oxygen atoms in total. The molecule has 0 aromatic carbocycles. The summed E-state index contributed by atoms with van der Waals surface area (Å²) in [6.07, 6.45) is 7.66. The van der Waals surface area contributed by atoms with Crippen LogP contribution in [0, 0.1) is 28.6 Å². The Balaban J connectivity index is 1.67. The predicted octanol–water partition coefficient (Wildman–Crippen LogP) is 3.63. The van der Waals surface area contributed by atoms with Crippen LogP contribution in [0.25, 0.3) is 0 Å². The van der Waals surface area contributed by atoms with Crippen LogP contribution in [0.4, 0.5) is 0 Å². The maximum absolute atomic E-state index is 13.1. The van der Waals surface area contributed by atoms with Gasteiger partial charge in [-0.25, -0.2) is 0 Å².